The molecule has 0 bridgehead atoms. The normalized spacial score (nSPS) is 18.8. The van der Waals surface area contributed by atoms with Gasteiger partial charge in [-0.2, -0.15) is 0 Å². The molecule has 1 saturated carbocycles. The Morgan fingerprint density at radius 1 is 1.05 bits per heavy atom. The van der Waals surface area contributed by atoms with Crippen molar-refractivity contribution in [3.63, 3.8) is 0 Å². The quantitative estimate of drug-likeness (QED) is 0.848. The predicted octanol–water partition coefficient (Wildman–Crippen LogP) is 3.15. The molecule has 4 heteroatoms. The number of carbonyl (C=O) groups excluding carboxylic acids is 1. The SMILES string of the molecule is O=C(CCNC1CCCC1)Nc1ccc(N2CCCC2)cc1. The zero-order valence-electron chi connectivity index (χ0n) is 13.3. The topological polar surface area (TPSA) is 44.4 Å². The van der Waals surface area contributed by atoms with Crippen molar-refractivity contribution in [2.24, 2.45) is 0 Å². The molecular formula is C18H27N3O. The number of carbonyl (C=O) groups is 1. The highest BCUT2D eigenvalue weighted by molar-refractivity contribution is 5.91. The van der Waals surface area contributed by atoms with Crippen molar-refractivity contribution in [1.82, 2.24) is 5.32 Å². The third kappa shape index (κ3) is 4.23. The molecule has 120 valence electrons. The van der Waals surface area contributed by atoms with Crippen LogP contribution in [0.2, 0.25) is 0 Å². The molecule has 1 saturated heterocycles. The van der Waals surface area contributed by atoms with E-state index < -0.39 is 0 Å². The lowest BCUT2D eigenvalue weighted by molar-refractivity contribution is -0.116. The molecule has 1 heterocycles. The summed E-state index contributed by atoms with van der Waals surface area (Å²) in [5.41, 5.74) is 2.16. The Kier molecular flexibility index (Phi) is 5.33. The second-order valence-corrected chi connectivity index (χ2v) is 6.47. The molecule has 1 aliphatic heterocycles. The molecule has 1 aromatic rings. The van der Waals surface area contributed by atoms with Crippen LogP contribution in [0.1, 0.15) is 44.9 Å². The smallest absolute Gasteiger partial charge is 0.225 e. The highest BCUT2D eigenvalue weighted by Crippen LogP contribution is 2.22. The predicted molar refractivity (Wildman–Crippen MR) is 91.4 cm³/mol. The van der Waals surface area contributed by atoms with Crippen LogP contribution in [0.5, 0.6) is 0 Å². The van der Waals surface area contributed by atoms with Crippen molar-refractivity contribution in [1.29, 1.82) is 0 Å². The number of rotatable bonds is 6. The second-order valence-electron chi connectivity index (χ2n) is 6.47. The summed E-state index contributed by atoms with van der Waals surface area (Å²) in [4.78, 5) is 14.4. The maximum atomic E-state index is 12.0. The Bertz CT molecular complexity index is 474. The summed E-state index contributed by atoms with van der Waals surface area (Å²) in [6.45, 7) is 3.08. The summed E-state index contributed by atoms with van der Waals surface area (Å²) in [7, 11) is 0. The molecule has 2 aliphatic rings. The number of hydrogen-bond donors (Lipinski definition) is 2. The molecule has 1 aromatic carbocycles. The zero-order chi connectivity index (χ0) is 15.2. The molecule has 22 heavy (non-hydrogen) atoms. The van der Waals surface area contributed by atoms with E-state index in [4.69, 9.17) is 0 Å². The minimum atomic E-state index is 0.0967. The zero-order valence-corrected chi connectivity index (χ0v) is 13.3. The van der Waals surface area contributed by atoms with Crippen LogP contribution in [0.4, 0.5) is 11.4 Å². The van der Waals surface area contributed by atoms with E-state index in [0.29, 0.717) is 12.5 Å². The van der Waals surface area contributed by atoms with Crippen LogP contribution in [0.25, 0.3) is 0 Å². The fraction of sp³-hybridized carbons (Fsp3) is 0.611. The van der Waals surface area contributed by atoms with Crippen LogP contribution < -0.4 is 15.5 Å². The van der Waals surface area contributed by atoms with Gasteiger partial charge in [-0.05, 0) is 49.9 Å². The monoisotopic (exact) mass is 301 g/mol. The van der Waals surface area contributed by atoms with Gasteiger partial charge in [0, 0.05) is 43.5 Å². The summed E-state index contributed by atoms with van der Waals surface area (Å²) < 4.78 is 0. The standard InChI is InChI=1S/C18H27N3O/c22-18(11-12-19-15-5-1-2-6-15)20-16-7-9-17(10-8-16)21-13-3-4-14-21/h7-10,15,19H,1-6,11-14H2,(H,20,22). The van der Waals surface area contributed by atoms with Gasteiger partial charge in [-0.15, -0.1) is 0 Å². The van der Waals surface area contributed by atoms with Crippen molar-refractivity contribution >= 4 is 17.3 Å². The van der Waals surface area contributed by atoms with Gasteiger partial charge >= 0.3 is 0 Å². The third-order valence-corrected chi connectivity index (χ3v) is 4.76. The maximum absolute atomic E-state index is 12.0. The van der Waals surface area contributed by atoms with E-state index in [9.17, 15) is 4.79 Å². The van der Waals surface area contributed by atoms with Crippen molar-refractivity contribution in [2.45, 2.75) is 51.0 Å². The van der Waals surface area contributed by atoms with Crippen molar-refractivity contribution < 1.29 is 4.79 Å². The first kappa shape index (κ1) is 15.3. The molecule has 4 nitrogen and oxygen atoms in total. The van der Waals surface area contributed by atoms with E-state index in [-0.39, 0.29) is 5.91 Å². The Morgan fingerprint density at radius 3 is 2.41 bits per heavy atom. The van der Waals surface area contributed by atoms with Gasteiger partial charge in [0.2, 0.25) is 5.91 Å². The van der Waals surface area contributed by atoms with Gasteiger partial charge in [0.1, 0.15) is 0 Å². The molecule has 0 unspecified atom stereocenters. The number of hydrogen-bond acceptors (Lipinski definition) is 3. The molecule has 2 fully saturated rings. The van der Waals surface area contributed by atoms with Crippen LogP contribution in [0, 0.1) is 0 Å². The summed E-state index contributed by atoms with van der Waals surface area (Å²) in [6, 6.07) is 8.87. The first-order chi connectivity index (χ1) is 10.8. The lowest BCUT2D eigenvalue weighted by Crippen LogP contribution is -2.29. The van der Waals surface area contributed by atoms with E-state index in [0.717, 1.165) is 25.3 Å². The minimum Gasteiger partial charge on any atom is -0.372 e. The Hall–Kier alpha value is -1.55. The fourth-order valence-electron chi connectivity index (χ4n) is 3.47. The highest BCUT2D eigenvalue weighted by Gasteiger charge is 2.14. The van der Waals surface area contributed by atoms with Crippen LogP contribution in [0.3, 0.4) is 0 Å². The number of benzene rings is 1. The van der Waals surface area contributed by atoms with Crippen LogP contribution in [0.15, 0.2) is 24.3 Å². The Labute approximate surface area is 133 Å². The van der Waals surface area contributed by atoms with Gasteiger partial charge in [-0.3, -0.25) is 4.79 Å². The van der Waals surface area contributed by atoms with Crippen LogP contribution in [-0.4, -0.2) is 31.6 Å². The van der Waals surface area contributed by atoms with Crippen molar-refractivity contribution in [3.8, 4) is 0 Å². The summed E-state index contributed by atoms with van der Waals surface area (Å²) in [5.74, 6) is 0.0967. The summed E-state index contributed by atoms with van der Waals surface area (Å²) in [5, 5.41) is 6.46. The highest BCUT2D eigenvalue weighted by atomic mass is 16.1. The van der Waals surface area contributed by atoms with E-state index in [1.54, 1.807) is 0 Å². The molecule has 0 atom stereocenters. The number of anilines is 2. The molecule has 3 rings (SSSR count). The van der Waals surface area contributed by atoms with Gasteiger partial charge in [-0.1, -0.05) is 12.8 Å². The molecule has 1 aliphatic carbocycles. The summed E-state index contributed by atoms with van der Waals surface area (Å²) in [6.07, 6.45) is 8.29. The van der Waals surface area contributed by atoms with Gasteiger partial charge in [0.15, 0.2) is 0 Å². The number of nitrogens with one attached hydrogen (secondary N) is 2. The van der Waals surface area contributed by atoms with Gasteiger partial charge < -0.3 is 15.5 Å². The van der Waals surface area contributed by atoms with Crippen LogP contribution in [-0.2, 0) is 4.79 Å². The lowest BCUT2D eigenvalue weighted by atomic mass is 10.2. The molecular weight excluding hydrogens is 274 g/mol. The van der Waals surface area contributed by atoms with Crippen LogP contribution >= 0.6 is 0 Å². The first-order valence-electron chi connectivity index (χ1n) is 8.69. The average Bonchev–Trinajstić information content (AvgIpc) is 3.21. The fourth-order valence-corrected chi connectivity index (χ4v) is 3.47. The molecule has 0 aromatic heterocycles. The van der Waals surface area contributed by atoms with E-state index in [1.165, 1.54) is 44.2 Å². The second kappa shape index (κ2) is 7.63. The minimum absolute atomic E-state index is 0.0967. The van der Waals surface area contributed by atoms with E-state index >= 15 is 0 Å². The summed E-state index contributed by atoms with van der Waals surface area (Å²) >= 11 is 0. The average molecular weight is 301 g/mol. The molecule has 1 amide bonds. The lowest BCUT2D eigenvalue weighted by Gasteiger charge is -2.18. The number of nitrogens with zero attached hydrogens (tertiary/aromatic N) is 1. The third-order valence-electron chi connectivity index (χ3n) is 4.76. The molecule has 2 N–H and O–H groups in total. The van der Waals surface area contributed by atoms with Gasteiger partial charge in [-0.25, -0.2) is 0 Å². The molecule has 0 radical (unpaired) electrons. The first-order valence-corrected chi connectivity index (χ1v) is 8.69. The Balaban J connectivity index is 1.40. The van der Waals surface area contributed by atoms with Crippen molar-refractivity contribution in [3.05, 3.63) is 24.3 Å². The van der Waals surface area contributed by atoms with Crippen molar-refractivity contribution in [2.75, 3.05) is 29.9 Å². The Morgan fingerprint density at radius 2 is 1.73 bits per heavy atom. The van der Waals surface area contributed by atoms with E-state index in [2.05, 4.69) is 27.7 Å². The van der Waals surface area contributed by atoms with E-state index in [1.807, 2.05) is 12.1 Å². The largest absolute Gasteiger partial charge is 0.372 e. The number of amides is 1. The maximum Gasteiger partial charge on any atom is 0.225 e. The van der Waals surface area contributed by atoms with Gasteiger partial charge in [0.05, 0.1) is 0 Å². The molecule has 0 spiro atoms. The van der Waals surface area contributed by atoms with Gasteiger partial charge in [0.25, 0.3) is 0 Å².